The van der Waals surface area contributed by atoms with Crippen LogP contribution in [-0.4, -0.2) is 36.6 Å². The third-order valence-corrected chi connectivity index (χ3v) is 4.17. The number of ether oxygens (including phenoxy) is 3. The quantitative estimate of drug-likeness (QED) is 0.886. The van der Waals surface area contributed by atoms with Gasteiger partial charge in [-0.2, -0.15) is 0 Å². The number of aliphatic hydroxyl groups is 1. The summed E-state index contributed by atoms with van der Waals surface area (Å²) in [5.74, 6) is 0. The standard InChI is InChI=1S/C20H24O4/c21-18-15-22-12-11-19(23-13-16-7-3-1-4-8-16)20(18)24-14-17-9-5-2-6-10-17/h1-10,18-21H,11-15H2. The minimum Gasteiger partial charge on any atom is -0.388 e. The molecule has 1 N–H and O–H groups in total. The maximum Gasteiger partial charge on any atom is 0.112 e. The van der Waals surface area contributed by atoms with E-state index in [4.69, 9.17) is 14.2 Å². The van der Waals surface area contributed by atoms with Crippen molar-refractivity contribution in [2.75, 3.05) is 13.2 Å². The van der Waals surface area contributed by atoms with Gasteiger partial charge in [0.15, 0.2) is 0 Å². The second kappa shape index (κ2) is 8.94. The number of hydrogen-bond donors (Lipinski definition) is 1. The summed E-state index contributed by atoms with van der Waals surface area (Å²) in [5, 5.41) is 10.4. The zero-order valence-electron chi connectivity index (χ0n) is 13.7. The second-order valence-electron chi connectivity index (χ2n) is 6.03. The van der Waals surface area contributed by atoms with Crippen LogP contribution < -0.4 is 0 Å². The molecule has 0 aliphatic carbocycles. The molecule has 1 fully saturated rings. The van der Waals surface area contributed by atoms with Gasteiger partial charge < -0.3 is 19.3 Å². The van der Waals surface area contributed by atoms with E-state index in [0.29, 0.717) is 26.2 Å². The van der Waals surface area contributed by atoms with Crippen LogP contribution in [0, 0.1) is 0 Å². The predicted octanol–water partition coefficient (Wildman–Crippen LogP) is 2.94. The summed E-state index contributed by atoms with van der Waals surface area (Å²) in [6, 6.07) is 20.0. The van der Waals surface area contributed by atoms with E-state index in [0.717, 1.165) is 11.1 Å². The Morgan fingerprint density at radius 3 is 2.08 bits per heavy atom. The van der Waals surface area contributed by atoms with Gasteiger partial charge in [0.1, 0.15) is 12.2 Å². The van der Waals surface area contributed by atoms with E-state index in [1.165, 1.54) is 0 Å². The lowest BCUT2D eigenvalue weighted by atomic mass is 10.1. The molecule has 0 bridgehead atoms. The first-order valence-corrected chi connectivity index (χ1v) is 8.40. The second-order valence-corrected chi connectivity index (χ2v) is 6.03. The van der Waals surface area contributed by atoms with Crippen molar-refractivity contribution >= 4 is 0 Å². The van der Waals surface area contributed by atoms with E-state index in [2.05, 4.69) is 0 Å². The minimum atomic E-state index is -0.683. The van der Waals surface area contributed by atoms with Crippen LogP contribution >= 0.6 is 0 Å². The molecule has 2 aromatic rings. The Labute approximate surface area is 143 Å². The van der Waals surface area contributed by atoms with Crippen LogP contribution in [0.25, 0.3) is 0 Å². The van der Waals surface area contributed by atoms with Crippen molar-refractivity contribution in [2.45, 2.75) is 37.9 Å². The number of hydrogen-bond acceptors (Lipinski definition) is 4. The topological polar surface area (TPSA) is 47.9 Å². The lowest BCUT2D eigenvalue weighted by Gasteiger charge is -2.28. The van der Waals surface area contributed by atoms with E-state index in [9.17, 15) is 5.11 Å². The average Bonchev–Trinajstić information content (AvgIpc) is 2.81. The van der Waals surface area contributed by atoms with Gasteiger partial charge in [0.05, 0.1) is 25.9 Å². The van der Waals surface area contributed by atoms with Gasteiger partial charge in [-0.25, -0.2) is 0 Å². The van der Waals surface area contributed by atoms with Gasteiger partial charge in [-0.15, -0.1) is 0 Å². The first-order chi connectivity index (χ1) is 11.8. The van der Waals surface area contributed by atoms with Crippen molar-refractivity contribution in [3.05, 3.63) is 71.8 Å². The van der Waals surface area contributed by atoms with Gasteiger partial charge in [-0.05, 0) is 17.5 Å². The summed E-state index contributed by atoms with van der Waals surface area (Å²) in [5.41, 5.74) is 2.19. The monoisotopic (exact) mass is 328 g/mol. The molecule has 2 aromatic carbocycles. The van der Waals surface area contributed by atoms with Crippen molar-refractivity contribution in [3.63, 3.8) is 0 Å². The lowest BCUT2D eigenvalue weighted by molar-refractivity contribution is -0.130. The predicted molar refractivity (Wildman–Crippen MR) is 91.5 cm³/mol. The van der Waals surface area contributed by atoms with Crippen LogP contribution in [-0.2, 0) is 27.4 Å². The molecule has 1 aliphatic rings. The molecular weight excluding hydrogens is 304 g/mol. The van der Waals surface area contributed by atoms with E-state index in [1.807, 2.05) is 60.7 Å². The van der Waals surface area contributed by atoms with E-state index < -0.39 is 12.2 Å². The van der Waals surface area contributed by atoms with Crippen molar-refractivity contribution in [3.8, 4) is 0 Å². The summed E-state index contributed by atoms with van der Waals surface area (Å²) in [6.45, 7) is 1.81. The number of rotatable bonds is 6. The van der Waals surface area contributed by atoms with Crippen molar-refractivity contribution in [1.29, 1.82) is 0 Å². The Hall–Kier alpha value is -1.72. The zero-order valence-corrected chi connectivity index (χ0v) is 13.7. The van der Waals surface area contributed by atoms with E-state index >= 15 is 0 Å². The molecule has 0 saturated carbocycles. The smallest absolute Gasteiger partial charge is 0.112 e. The molecule has 1 aliphatic heterocycles. The van der Waals surface area contributed by atoms with Crippen molar-refractivity contribution < 1.29 is 19.3 Å². The van der Waals surface area contributed by atoms with Crippen LogP contribution in [0.15, 0.2) is 60.7 Å². The summed E-state index contributed by atoms with van der Waals surface area (Å²) >= 11 is 0. The molecule has 1 saturated heterocycles. The first kappa shape index (κ1) is 17.1. The fourth-order valence-corrected chi connectivity index (χ4v) is 2.85. The van der Waals surface area contributed by atoms with Crippen molar-refractivity contribution in [2.24, 2.45) is 0 Å². The first-order valence-electron chi connectivity index (χ1n) is 8.40. The van der Waals surface area contributed by atoms with Gasteiger partial charge in [0, 0.05) is 6.61 Å². The molecule has 128 valence electrons. The van der Waals surface area contributed by atoms with Crippen LogP contribution in [0.4, 0.5) is 0 Å². The van der Waals surface area contributed by atoms with Gasteiger partial charge in [-0.3, -0.25) is 0 Å². The molecule has 1 heterocycles. The Morgan fingerprint density at radius 2 is 1.46 bits per heavy atom. The average molecular weight is 328 g/mol. The van der Waals surface area contributed by atoms with Crippen LogP contribution in [0.2, 0.25) is 0 Å². The van der Waals surface area contributed by atoms with Crippen molar-refractivity contribution in [1.82, 2.24) is 0 Å². The summed E-state index contributed by atoms with van der Waals surface area (Å²) < 4.78 is 17.5. The normalized spacial score (nSPS) is 24.5. The van der Waals surface area contributed by atoms with E-state index in [1.54, 1.807) is 0 Å². The fraction of sp³-hybridized carbons (Fsp3) is 0.400. The molecule has 0 amide bonds. The minimum absolute atomic E-state index is 0.189. The third-order valence-electron chi connectivity index (χ3n) is 4.17. The Bertz CT molecular complexity index is 587. The maximum absolute atomic E-state index is 10.4. The maximum atomic E-state index is 10.4. The van der Waals surface area contributed by atoms with Gasteiger partial charge in [0.25, 0.3) is 0 Å². The highest BCUT2D eigenvalue weighted by Gasteiger charge is 2.32. The highest BCUT2D eigenvalue weighted by molar-refractivity contribution is 5.14. The zero-order chi connectivity index (χ0) is 16.6. The molecular formula is C20H24O4. The summed E-state index contributed by atoms with van der Waals surface area (Å²) in [7, 11) is 0. The number of benzene rings is 2. The molecule has 0 radical (unpaired) electrons. The van der Waals surface area contributed by atoms with Gasteiger partial charge in [0.2, 0.25) is 0 Å². The van der Waals surface area contributed by atoms with Crippen LogP contribution in [0.3, 0.4) is 0 Å². The Morgan fingerprint density at radius 1 is 0.875 bits per heavy atom. The summed E-state index contributed by atoms with van der Waals surface area (Å²) in [6.07, 6.45) is -0.552. The van der Waals surface area contributed by atoms with Crippen LogP contribution in [0.5, 0.6) is 0 Å². The largest absolute Gasteiger partial charge is 0.388 e. The molecule has 4 nitrogen and oxygen atoms in total. The molecule has 4 heteroatoms. The molecule has 3 atom stereocenters. The summed E-state index contributed by atoms with van der Waals surface area (Å²) in [4.78, 5) is 0. The molecule has 3 unspecified atom stereocenters. The third kappa shape index (κ3) is 4.89. The SMILES string of the molecule is OC1COCCC(OCc2ccccc2)C1OCc1ccccc1. The lowest BCUT2D eigenvalue weighted by Crippen LogP contribution is -2.41. The molecule has 0 spiro atoms. The van der Waals surface area contributed by atoms with Gasteiger partial charge >= 0.3 is 0 Å². The fourth-order valence-electron chi connectivity index (χ4n) is 2.85. The molecule has 3 rings (SSSR count). The number of aliphatic hydroxyl groups excluding tert-OH is 1. The van der Waals surface area contributed by atoms with E-state index in [-0.39, 0.29) is 12.7 Å². The van der Waals surface area contributed by atoms with Gasteiger partial charge in [-0.1, -0.05) is 60.7 Å². The molecule has 0 aromatic heterocycles. The highest BCUT2D eigenvalue weighted by Crippen LogP contribution is 2.20. The molecule has 24 heavy (non-hydrogen) atoms. The van der Waals surface area contributed by atoms with Crippen LogP contribution in [0.1, 0.15) is 17.5 Å². The highest BCUT2D eigenvalue weighted by atomic mass is 16.6. The Balaban J connectivity index is 1.62. The Kier molecular flexibility index (Phi) is 6.38.